The summed E-state index contributed by atoms with van der Waals surface area (Å²) in [6, 6.07) is 27.5. The van der Waals surface area contributed by atoms with Crippen molar-refractivity contribution in [2.75, 3.05) is 5.32 Å². The predicted octanol–water partition coefficient (Wildman–Crippen LogP) is 5.91. The van der Waals surface area contributed by atoms with Gasteiger partial charge in [-0.1, -0.05) is 48.5 Å². The molecule has 0 aliphatic rings. The third-order valence-electron chi connectivity index (χ3n) is 6.27. The number of para-hydroxylation sites is 2. The molecule has 1 unspecified atom stereocenters. The summed E-state index contributed by atoms with van der Waals surface area (Å²) in [4.78, 5) is 30.5. The molecule has 6 nitrogen and oxygen atoms in total. The smallest absolute Gasteiger partial charge is 0.255 e. The highest BCUT2D eigenvalue weighted by Crippen LogP contribution is 2.22. The SMILES string of the molecule is Cc1ccc(C(=O)NC(Cn2cnc3ccccc32)c2ccc(F)cc2)cc1NC(=O)c1ccccc1. The van der Waals surface area contributed by atoms with Crippen LogP contribution in [0, 0.1) is 12.7 Å². The molecule has 2 N–H and O–H groups in total. The van der Waals surface area contributed by atoms with Crippen LogP contribution in [-0.2, 0) is 6.54 Å². The van der Waals surface area contributed by atoms with Gasteiger partial charge in [0.25, 0.3) is 11.8 Å². The molecular weight excluding hydrogens is 467 g/mol. The number of anilines is 1. The third-order valence-corrected chi connectivity index (χ3v) is 6.27. The molecule has 0 radical (unpaired) electrons. The van der Waals surface area contributed by atoms with Gasteiger partial charge in [-0.05, 0) is 66.6 Å². The van der Waals surface area contributed by atoms with Gasteiger partial charge in [-0.15, -0.1) is 0 Å². The summed E-state index contributed by atoms with van der Waals surface area (Å²) in [6.07, 6.45) is 1.73. The Morgan fingerprint density at radius 1 is 0.865 bits per heavy atom. The van der Waals surface area contributed by atoms with Gasteiger partial charge in [0, 0.05) is 23.4 Å². The van der Waals surface area contributed by atoms with Crippen molar-refractivity contribution >= 4 is 28.5 Å². The molecule has 7 heteroatoms. The standard InChI is InChI=1S/C30H25FN4O2/c1-20-11-12-23(17-26(20)33-29(36)22-7-3-2-4-8-22)30(37)34-27(21-13-15-24(31)16-14-21)18-35-19-32-25-9-5-6-10-28(25)35/h2-17,19,27H,18H2,1H3,(H,33,36)(H,34,37). The summed E-state index contributed by atoms with van der Waals surface area (Å²) in [6.45, 7) is 2.27. The number of amides is 2. The van der Waals surface area contributed by atoms with Gasteiger partial charge in [-0.25, -0.2) is 9.37 Å². The van der Waals surface area contributed by atoms with E-state index < -0.39 is 6.04 Å². The van der Waals surface area contributed by atoms with E-state index >= 15 is 0 Å². The highest BCUT2D eigenvalue weighted by atomic mass is 19.1. The maximum atomic E-state index is 13.6. The van der Waals surface area contributed by atoms with Crippen LogP contribution in [-0.4, -0.2) is 21.4 Å². The molecule has 0 saturated heterocycles. The molecular formula is C30H25FN4O2. The van der Waals surface area contributed by atoms with Crippen LogP contribution in [0.5, 0.6) is 0 Å². The van der Waals surface area contributed by atoms with Crippen LogP contribution in [0.25, 0.3) is 11.0 Å². The number of imidazole rings is 1. The van der Waals surface area contributed by atoms with Crippen LogP contribution in [0.2, 0.25) is 0 Å². The van der Waals surface area contributed by atoms with Crippen molar-refractivity contribution in [1.29, 1.82) is 0 Å². The average Bonchev–Trinajstić information content (AvgIpc) is 3.33. The van der Waals surface area contributed by atoms with Gasteiger partial charge in [0.05, 0.1) is 23.4 Å². The van der Waals surface area contributed by atoms with E-state index in [9.17, 15) is 14.0 Å². The fraction of sp³-hybridized carbons (Fsp3) is 0.100. The largest absolute Gasteiger partial charge is 0.343 e. The molecule has 0 fully saturated rings. The molecule has 1 atom stereocenters. The van der Waals surface area contributed by atoms with Crippen molar-refractivity contribution in [1.82, 2.24) is 14.9 Å². The van der Waals surface area contributed by atoms with Crippen molar-refractivity contribution in [3.05, 3.63) is 131 Å². The Bertz CT molecular complexity index is 1560. The lowest BCUT2D eigenvalue weighted by Gasteiger charge is -2.21. The van der Waals surface area contributed by atoms with Crippen LogP contribution < -0.4 is 10.6 Å². The van der Waals surface area contributed by atoms with E-state index in [0.717, 1.165) is 22.2 Å². The fourth-order valence-corrected chi connectivity index (χ4v) is 4.21. The second-order valence-electron chi connectivity index (χ2n) is 8.81. The quantitative estimate of drug-likeness (QED) is 0.297. The Kier molecular flexibility index (Phi) is 6.76. The normalized spacial score (nSPS) is 11.7. The number of halogens is 1. The molecule has 5 rings (SSSR count). The summed E-state index contributed by atoms with van der Waals surface area (Å²) < 4.78 is 15.6. The zero-order chi connectivity index (χ0) is 25.8. The molecule has 0 aliphatic heterocycles. The number of nitrogens with zero attached hydrogens (tertiary/aromatic N) is 2. The van der Waals surface area contributed by atoms with Crippen molar-refractivity contribution in [2.45, 2.75) is 19.5 Å². The fourth-order valence-electron chi connectivity index (χ4n) is 4.21. The lowest BCUT2D eigenvalue weighted by Crippen LogP contribution is -2.31. The number of rotatable bonds is 7. The summed E-state index contributed by atoms with van der Waals surface area (Å²) in [5, 5.41) is 5.98. The Morgan fingerprint density at radius 2 is 1.59 bits per heavy atom. The van der Waals surface area contributed by atoms with E-state index in [-0.39, 0.29) is 17.6 Å². The number of hydrogen-bond donors (Lipinski definition) is 2. The summed E-state index contributed by atoms with van der Waals surface area (Å²) in [7, 11) is 0. The van der Waals surface area contributed by atoms with Crippen molar-refractivity contribution in [3.8, 4) is 0 Å². The second-order valence-corrected chi connectivity index (χ2v) is 8.81. The maximum Gasteiger partial charge on any atom is 0.255 e. The molecule has 0 saturated carbocycles. The zero-order valence-corrected chi connectivity index (χ0v) is 20.2. The number of carbonyl (C=O) groups excluding carboxylic acids is 2. The van der Waals surface area contributed by atoms with E-state index in [1.54, 1.807) is 60.9 Å². The summed E-state index contributed by atoms with van der Waals surface area (Å²) in [5.74, 6) is -0.911. The van der Waals surface area contributed by atoms with Crippen molar-refractivity contribution in [2.24, 2.45) is 0 Å². The van der Waals surface area contributed by atoms with Gasteiger partial charge < -0.3 is 15.2 Å². The van der Waals surface area contributed by atoms with Gasteiger partial charge in [-0.3, -0.25) is 9.59 Å². The van der Waals surface area contributed by atoms with Crippen molar-refractivity contribution in [3.63, 3.8) is 0 Å². The van der Waals surface area contributed by atoms with E-state index in [1.807, 2.05) is 41.8 Å². The molecule has 1 aromatic heterocycles. The van der Waals surface area contributed by atoms with Crippen LogP contribution in [0.4, 0.5) is 10.1 Å². The van der Waals surface area contributed by atoms with Crippen LogP contribution >= 0.6 is 0 Å². The number of aromatic nitrogens is 2. The van der Waals surface area contributed by atoms with E-state index in [4.69, 9.17) is 0 Å². The number of carbonyl (C=O) groups is 2. The average molecular weight is 493 g/mol. The molecule has 1 heterocycles. The van der Waals surface area contributed by atoms with Gasteiger partial charge in [-0.2, -0.15) is 0 Å². The highest BCUT2D eigenvalue weighted by molar-refractivity contribution is 6.05. The van der Waals surface area contributed by atoms with Crippen molar-refractivity contribution < 1.29 is 14.0 Å². The maximum absolute atomic E-state index is 13.6. The van der Waals surface area contributed by atoms with E-state index in [2.05, 4.69) is 15.6 Å². The molecule has 4 aromatic carbocycles. The van der Waals surface area contributed by atoms with E-state index in [0.29, 0.717) is 23.4 Å². The van der Waals surface area contributed by atoms with Gasteiger partial charge in [0.15, 0.2) is 0 Å². The molecule has 2 amide bonds. The number of fused-ring (bicyclic) bond motifs is 1. The Morgan fingerprint density at radius 3 is 2.38 bits per heavy atom. The lowest BCUT2D eigenvalue weighted by molar-refractivity contribution is 0.0931. The Balaban J connectivity index is 1.40. The highest BCUT2D eigenvalue weighted by Gasteiger charge is 2.19. The predicted molar refractivity (Wildman–Crippen MR) is 142 cm³/mol. The lowest BCUT2D eigenvalue weighted by atomic mass is 10.0. The minimum atomic E-state index is -0.450. The van der Waals surface area contributed by atoms with Crippen LogP contribution in [0.3, 0.4) is 0 Å². The summed E-state index contributed by atoms with van der Waals surface area (Å²) >= 11 is 0. The van der Waals surface area contributed by atoms with Crippen LogP contribution in [0.15, 0.2) is 103 Å². The first-order valence-corrected chi connectivity index (χ1v) is 11.9. The number of nitrogens with one attached hydrogen (secondary N) is 2. The monoisotopic (exact) mass is 492 g/mol. The second kappa shape index (κ2) is 10.5. The Labute approximate surface area is 213 Å². The minimum Gasteiger partial charge on any atom is -0.343 e. The first-order chi connectivity index (χ1) is 18.0. The van der Waals surface area contributed by atoms with Gasteiger partial charge >= 0.3 is 0 Å². The first-order valence-electron chi connectivity index (χ1n) is 11.9. The number of benzene rings is 4. The molecule has 0 spiro atoms. The molecule has 184 valence electrons. The van der Waals surface area contributed by atoms with E-state index in [1.165, 1.54) is 12.1 Å². The molecule has 0 aliphatic carbocycles. The first kappa shape index (κ1) is 23.9. The van der Waals surface area contributed by atoms with Crippen LogP contribution in [0.1, 0.15) is 37.9 Å². The molecule has 37 heavy (non-hydrogen) atoms. The van der Waals surface area contributed by atoms with Gasteiger partial charge in [0.1, 0.15) is 5.82 Å². The van der Waals surface area contributed by atoms with Gasteiger partial charge in [0.2, 0.25) is 0 Å². The number of aryl methyl sites for hydroxylation is 1. The Hall–Kier alpha value is -4.78. The minimum absolute atomic E-state index is 0.252. The summed E-state index contributed by atoms with van der Waals surface area (Å²) in [5.41, 5.74) is 4.87. The molecule has 5 aromatic rings. The zero-order valence-electron chi connectivity index (χ0n) is 20.2. The third kappa shape index (κ3) is 5.41. The topological polar surface area (TPSA) is 76.0 Å². The molecule has 0 bridgehead atoms. The number of hydrogen-bond acceptors (Lipinski definition) is 3.